The zero-order valence-corrected chi connectivity index (χ0v) is 36.0. The summed E-state index contributed by atoms with van der Waals surface area (Å²) in [4.78, 5) is 24.9. The average Bonchev–Trinajstić information content (AvgIpc) is 3.17. The average molecular weight is 757 g/mol. The Morgan fingerprint density at radius 1 is 0.426 bits per heavy atom. The third kappa shape index (κ3) is 42.6. The molecule has 0 aliphatic heterocycles. The van der Waals surface area contributed by atoms with Gasteiger partial charge >= 0.3 is 11.9 Å². The van der Waals surface area contributed by atoms with Crippen molar-refractivity contribution in [3.05, 3.63) is 48.6 Å². The van der Waals surface area contributed by atoms with Gasteiger partial charge in [0.05, 0.1) is 6.61 Å². The molecule has 0 N–H and O–H groups in total. The van der Waals surface area contributed by atoms with E-state index in [0.717, 1.165) is 57.8 Å². The van der Waals surface area contributed by atoms with Crippen LogP contribution in [0.25, 0.3) is 0 Å². The van der Waals surface area contributed by atoms with Crippen molar-refractivity contribution in [2.75, 3.05) is 19.8 Å². The van der Waals surface area contributed by atoms with E-state index in [1.807, 2.05) is 6.08 Å². The molecule has 0 aromatic carbocycles. The van der Waals surface area contributed by atoms with E-state index in [1.54, 1.807) is 0 Å². The van der Waals surface area contributed by atoms with Gasteiger partial charge in [0.25, 0.3) is 0 Å². The highest BCUT2D eigenvalue weighted by Crippen LogP contribution is 2.15. The SMILES string of the molecule is CC/C=C\C/C=C\C/C=C\C/C=C\CCC(=O)OCC(COCCCCCCCCCCCCCCCCCCCCCC)OC(=O)CCCCCCC. The summed E-state index contributed by atoms with van der Waals surface area (Å²) in [5, 5.41) is 0. The summed E-state index contributed by atoms with van der Waals surface area (Å²) < 4.78 is 17.1. The second kappa shape index (κ2) is 45.3. The smallest absolute Gasteiger partial charge is 0.306 e. The quantitative estimate of drug-likeness (QED) is 0.0353. The van der Waals surface area contributed by atoms with Crippen LogP contribution in [0, 0.1) is 0 Å². The summed E-state index contributed by atoms with van der Waals surface area (Å²) in [5.41, 5.74) is 0. The van der Waals surface area contributed by atoms with E-state index in [9.17, 15) is 9.59 Å². The fourth-order valence-electron chi connectivity index (χ4n) is 6.46. The Bertz CT molecular complexity index is 904. The lowest BCUT2D eigenvalue weighted by molar-refractivity contribution is -0.162. The van der Waals surface area contributed by atoms with Gasteiger partial charge in [-0.3, -0.25) is 9.59 Å². The van der Waals surface area contributed by atoms with Gasteiger partial charge in [0.15, 0.2) is 6.10 Å². The van der Waals surface area contributed by atoms with Crippen molar-refractivity contribution < 1.29 is 23.8 Å². The van der Waals surface area contributed by atoms with Crippen LogP contribution in [0.2, 0.25) is 0 Å². The summed E-state index contributed by atoms with van der Waals surface area (Å²) in [7, 11) is 0. The van der Waals surface area contributed by atoms with Gasteiger partial charge in [0.1, 0.15) is 6.61 Å². The van der Waals surface area contributed by atoms with E-state index in [4.69, 9.17) is 14.2 Å². The lowest BCUT2D eigenvalue weighted by atomic mass is 10.0. The van der Waals surface area contributed by atoms with Crippen molar-refractivity contribution in [1.29, 1.82) is 0 Å². The zero-order chi connectivity index (χ0) is 39.3. The topological polar surface area (TPSA) is 61.8 Å². The van der Waals surface area contributed by atoms with Gasteiger partial charge in [0.2, 0.25) is 0 Å². The molecule has 0 aromatic heterocycles. The number of hydrogen-bond acceptors (Lipinski definition) is 5. The predicted molar refractivity (Wildman–Crippen MR) is 233 cm³/mol. The molecule has 1 unspecified atom stereocenters. The number of carbonyl (C=O) groups is 2. The second-order valence-electron chi connectivity index (χ2n) is 15.3. The van der Waals surface area contributed by atoms with Gasteiger partial charge in [-0.05, 0) is 44.9 Å². The fourth-order valence-corrected chi connectivity index (χ4v) is 6.46. The van der Waals surface area contributed by atoms with E-state index in [-0.39, 0.29) is 25.2 Å². The number of ether oxygens (including phenoxy) is 3. The molecule has 54 heavy (non-hydrogen) atoms. The van der Waals surface area contributed by atoms with Gasteiger partial charge in [-0.15, -0.1) is 0 Å². The molecule has 0 aromatic rings. The van der Waals surface area contributed by atoms with Gasteiger partial charge < -0.3 is 14.2 Å². The fraction of sp³-hybridized carbons (Fsp3) is 0.796. The molecule has 314 valence electrons. The largest absolute Gasteiger partial charge is 0.462 e. The van der Waals surface area contributed by atoms with E-state index < -0.39 is 6.10 Å². The predicted octanol–water partition coefficient (Wildman–Crippen LogP) is 15.2. The summed E-state index contributed by atoms with van der Waals surface area (Å²) >= 11 is 0. The molecular formula is C49H88O5. The lowest BCUT2D eigenvalue weighted by Gasteiger charge is -2.18. The van der Waals surface area contributed by atoms with Crippen molar-refractivity contribution in [3.8, 4) is 0 Å². The third-order valence-electron chi connectivity index (χ3n) is 9.89. The first-order valence-corrected chi connectivity index (χ1v) is 23.2. The molecular weight excluding hydrogens is 669 g/mol. The van der Waals surface area contributed by atoms with Crippen molar-refractivity contribution in [1.82, 2.24) is 0 Å². The Hall–Kier alpha value is -2.14. The van der Waals surface area contributed by atoms with Crippen molar-refractivity contribution in [2.45, 2.75) is 232 Å². The van der Waals surface area contributed by atoms with Crippen LogP contribution in [0.15, 0.2) is 48.6 Å². The Balaban J connectivity index is 4.05. The summed E-state index contributed by atoms with van der Waals surface area (Å²) in [5.74, 6) is -0.498. The molecule has 0 saturated carbocycles. The lowest BCUT2D eigenvalue weighted by Crippen LogP contribution is -2.30. The normalized spacial score (nSPS) is 12.6. The highest BCUT2D eigenvalue weighted by Gasteiger charge is 2.17. The van der Waals surface area contributed by atoms with Gasteiger partial charge in [-0.1, -0.05) is 217 Å². The maximum atomic E-state index is 12.5. The molecule has 0 aliphatic rings. The minimum absolute atomic E-state index is 0.0495. The summed E-state index contributed by atoms with van der Waals surface area (Å²) in [6, 6.07) is 0. The minimum atomic E-state index is -0.556. The molecule has 0 bridgehead atoms. The molecule has 0 spiro atoms. The number of carbonyl (C=O) groups excluding carboxylic acids is 2. The van der Waals surface area contributed by atoms with Crippen molar-refractivity contribution in [3.63, 3.8) is 0 Å². The van der Waals surface area contributed by atoms with Crippen LogP contribution in [0.1, 0.15) is 226 Å². The summed E-state index contributed by atoms with van der Waals surface area (Å²) in [6.07, 6.45) is 54.5. The molecule has 1 atom stereocenters. The molecule has 0 heterocycles. The molecule has 0 radical (unpaired) electrons. The van der Waals surface area contributed by atoms with Gasteiger partial charge in [-0.2, -0.15) is 0 Å². The third-order valence-corrected chi connectivity index (χ3v) is 9.89. The highest BCUT2D eigenvalue weighted by atomic mass is 16.6. The van der Waals surface area contributed by atoms with Gasteiger partial charge in [-0.25, -0.2) is 0 Å². The van der Waals surface area contributed by atoms with Crippen LogP contribution < -0.4 is 0 Å². The monoisotopic (exact) mass is 757 g/mol. The van der Waals surface area contributed by atoms with E-state index >= 15 is 0 Å². The van der Waals surface area contributed by atoms with Crippen LogP contribution in [-0.2, 0) is 23.8 Å². The van der Waals surface area contributed by atoms with Crippen LogP contribution in [0.3, 0.4) is 0 Å². The van der Waals surface area contributed by atoms with Crippen molar-refractivity contribution in [2.24, 2.45) is 0 Å². The Kier molecular flexibility index (Phi) is 43.5. The number of unbranched alkanes of at least 4 members (excludes halogenated alkanes) is 23. The molecule has 5 heteroatoms. The molecule has 0 aliphatic carbocycles. The minimum Gasteiger partial charge on any atom is -0.462 e. The van der Waals surface area contributed by atoms with E-state index in [2.05, 4.69) is 63.3 Å². The zero-order valence-electron chi connectivity index (χ0n) is 36.0. The molecule has 5 nitrogen and oxygen atoms in total. The van der Waals surface area contributed by atoms with Crippen LogP contribution in [0.5, 0.6) is 0 Å². The maximum Gasteiger partial charge on any atom is 0.306 e. The Labute approximate surface area is 335 Å². The number of hydrogen-bond donors (Lipinski definition) is 0. The van der Waals surface area contributed by atoms with E-state index in [0.29, 0.717) is 25.9 Å². The highest BCUT2D eigenvalue weighted by molar-refractivity contribution is 5.70. The molecule has 0 fully saturated rings. The van der Waals surface area contributed by atoms with E-state index in [1.165, 1.54) is 128 Å². The molecule has 0 saturated heterocycles. The number of rotatable bonds is 42. The first kappa shape index (κ1) is 51.9. The van der Waals surface area contributed by atoms with Crippen molar-refractivity contribution >= 4 is 11.9 Å². The summed E-state index contributed by atoms with van der Waals surface area (Å²) in [6.45, 7) is 7.58. The standard InChI is InChI=1S/C49H88O5/c1-4-7-10-13-15-17-19-21-22-23-24-25-26-27-29-31-33-35-38-41-44-52-45-47(54-49(51)43-40-36-12-9-6-3)46-53-48(50)42-39-37-34-32-30-28-20-18-16-14-11-8-5-2/h8,11,16,18,28,30,34,37,47H,4-7,9-10,12-15,17,19-27,29,31-33,35-36,38-46H2,1-3H3/b11-8-,18-16-,30-28-,37-34-. The van der Waals surface area contributed by atoms with Crippen LogP contribution in [0.4, 0.5) is 0 Å². The Morgan fingerprint density at radius 2 is 0.833 bits per heavy atom. The van der Waals surface area contributed by atoms with Gasteiger partial charge in [0, 0.05) is 19.4 Å². The molecule has 0 rings (SSSR count). The first-order valence-electron chi connectivity index (χ1n) is 23.2. The van der Waals surface area contributed by atoms with Crippen LogP contribution in [-0.4, -0.2) is 37.9 Å². The molecule has 0 amide bonds. The van der Waals surface area contributed by atoms with Crippen LogP contribution >= 0.6 is 0 Å². The number of allylic oxidation sites excluding steroid dienone is 8. The first-order chi connectivity index (χ1) is 26.6. The maximum absolute atomic E-state index is 12.5. The number of esters is 2. The second-order valence-corrected chi connectivity index (χ2v) is 15.3. The Morgan fingerprint density at radius 3 is 1.30 bits per heavy atom.